The predicted molar refractivity (Wildman–Crippen MR) is 109 cm³/mol. The van der Waals surface area contributed by atoms with Gasteiger partial charge < -0.3 is 14.8 Å². The van der Waals surface area contributed by atoms with Gasteiger partial charge in [0.15, 0.2) is 0 Å². The minimum atomic E-state index is -3.69. The molecule has 0 aliphatic heterocycles. The summed E-state index contributed by atoms with van der Waals surface area (Å²) in [6.07, 6.45) is 1.54. The Morgan fingerprint density at radius 2 is 1.68 bits per heavy atom. The maximum atomic E-state index is 12.4. The molecule has 0 fully saturated rings. The summed E-state index contributed by atoms with van der Waals surface area (Å²) in [7, 11) is -0.531. The Labute approximate surface area is 164 Å². The first-order chi connectivity index (χ1) is 13.4. The van der Waals surface area contributed by atoms with E-state index in [0.717, 1.165) is 11.3 Å². The molecule has 0 radical (unpaired) electrons. The number of anilines is 3. The van der Waals surface area contributed by atoms with E-state index < -0.39 is 10.0 Å². The summed E-state index contributed by atoms with van der Waals surface area (Å²) in [5.74, 6) is 1.53. The van der Waals surface area contributed by atoms with E-state index in [-0.39, 0.29) is 10.7 Å². The average molecular weight is 399 g/mol. The summed E-state index contributed by atoms with van der Waals surface area (Å²) in [6, 6.07) is 15.3. The first kappa shape index (κ1) is 19.5. The number of pyridine rings is 1. The molecule has 0 unspecified atom stereocenters. The van der Waals surface area contributed by atoms with E-state index >= 15 is 0 Å². The van der Waals surface area contributed by atoms with Crippen LogP contribution in [0.15, 0.2) is 65.7 Å². The van der Waals surface area contributed by atoms with Crippen molar-refractivity contribution in [3.05, 3.63) is 66.4 Å². The third-order valence-corrected chi connectivity index (χ3v) is 5.39. The fraction of sp³-hybridized carbons (Fsp3) is 0.150. The molecule has 0 saturated carbocycles. The molecule has 1 heterocycles. The second-order valence-corrected chi connectivity index (χ2v) is 7.72. The van der Waals surface area contributed by atoms with Gasteiger partial charge >= 0.3 is 0 Å². The number of nitrogens with zero attached hydrogens (tertiary/aromatic N) is 1. The van der Waals surface area contributed by atoms with Crippen molar-refractivity contribution in [2.45, 2.75) is 11.8 Å². The predicted octanol–water partition coefficient (Wildman–Crippen LogP) is 3.95. The van der Waals surface area contributed by atoms with Crippen LogP contribution in [0.1, 0.15) is 5.56 Å². The summed E-state index contributed by atoms with van der Waals surface area (Å²) in [6.45, 7) is 1.90. The lowest BCUT2D eigenvalue weighted by molar-refractivity contribution is 0.395. The zero-order chi connectivity index (χ0) is 20.1. The van der Waals surface area contributed by atoms with Gasteiger partial charge in [0.1, 0.15) is 17.3 Å². The second-order valence-electron chi connectivity index (χ2n) is 6.04. The van der Waals surface area contributed by atoms with Crippen LogP contribution in [0.5, 0.6) is 11.5 Å². The summed E-state index contributed by atoms with van der Waals surface area (Å²) in [5, 5.41) is 3.18. The third-order valence-electron chi connectivity index (χ3n) is 4.02. The number of methoxy groups -OCH3 is 2. The Kier molecular flexibility index (Phi) is 5.70. The molecule has 28 heavy (non-hydrogen) atoms. The lowest BCUT2D eigenvalue weighted by atomic mass is 10.2. The van der Waals surface area contributed by atoms with E-state index in [0.29, 0.717) is 17.2 Å². The average Bonchev–Trinajstić information content (AvgIpc) is 2.70. The number of aromatic nitrogens is 1. The maximum Gasteiger partial charge on any atom is 0.263 e. The molecule has 0 aliphatic rings. The van der Waals surface area contributed by atoms with Gasteiger partial charge in [-0.25, -0.2) is 13.4 Å². The van der Waals surface area contributed by atoms with Crippen LogP contribution < -0.4 is 19.5 Å². The molecule has 2 aromatic carbocycles. The standard InChI is InChI=1S/C20H21N3O4S/c1-14-4-8-17(9-5-14)28(24,25)23-20-11-6-15(13-21-20)22-18-10-7-16(26-2)12-19(18)27-3/h4-13,22H,1-3H3,(H,21,23). The van der Waals surface area contributed by atoms with Gasteiger partial charge in [-0.3, -0.25) is 4.72 Å². The van der Waals surface area contributed by atoms with E-state index in [1.54, 1.807) is 56.7 Å². The van der Waals surface area contributed by atoms with Crippen molar-refractivity contribution in [1.29, 1.82) is 0 Å². The molecule has 3 aromatic rings. The van der Waals surface area contributed by atoms with Crippen LogP contribution in [0.25, 0.3) is 0 Å². The van der Waals surface area contributed by atoms with Crippen LogP contribution in [0.4, 0.5) is 17.2 Å². The molecular weight excluding hydrogens is 378 g/mol. The molecule has 7 nitrogen and oxygen atoms in total. The van der Waals surface area contributed by atoms with Crippen molar-refractivity contribution in [1.82, 2.24) is 4.98 Å². The number of hydrogen-bond acceptors (Lipinski definition) is 6. The lowest BCUT2D eigenvalue weighted by Gasteiger charge is -2.13. The highest BCUT2D eigenvalue weighted by atomic mass is 32.2. The summed E-state index contributed by atoms with van der Waals surface area (Å²) < 4.78 is 37.9. The van der Waals surface area contributed by atoms with E-state index in [1.165, 1.54) is 6.20 Å². The fourth-order valence-corrected chi connectivity index (χ4v) is 3.51. The molecule has 8 heteroatoms. The molecule has 0 atom stereocenters. The van der Waals surface area contributed by atoms with Crippen LogP contribution in [0.3, 0.4) is 0 Å². The van der Waals surface area contributed by atoms with Gasteiger partial charge in [0.05, 0.1) is 36.7 Å². The van der Waals surface area contributed by atoms with Gasteiger partial charge in [0, 0.05) is 6.07 Å². The number of sulfonamides is 1. The molecule has 146 valence electrons. The number of rotatable bonds is 7. The Bertz CT molecular complexity index is 1050. The quantitative estimate of drug-likeness (QED) is 0.625. The zero-order valence-electron chi connectivity index (χ0n) is 15.8. The summed E-state index contributed by atoms with van der Waals surface area (Å²) in [5.41, 5.74) is 2.40. The highest BCUT2D eigenvalue weighted by Gasteiger charge is 2.14. The van der Waals surface area contributed by atoms with Crippen LogP contribution in [-0.2, 0) is 10.0 Å². The van der Waals surface area contributed by atoms with Crippen molar-refractivity contribution in [3.8, 4) is 11.5 Å². The van der Waals surface area contributed by atoms with E-state index in [1.807, 2.05) is 19.1 Å². The molecular formula is C20H21N3O4S. The van der Waals surface area contributed by atoms with Crippen molar-refractivity contribution < 1.29 is 17.9 Å². The fourth-order valence-electron chi connectivity index (χ4n) is 2.50. The van der Waals surface area contributed by atoms with Crippen LogP contribution in [-0.4, -0.2) is 27.6 Å². The molecule has 0 saturated heterocycles. The first-order valence-corrected chi connectivity index (χ1v) is 9.94. The van der Waals surface area contributed by atoms with Crippen molar-refractivity contribution >= 4 is 27.2 Å². The van der Waals surface area contributed by atoms with E-state index in [9.17, 15) is 8.42 Å². The first-order valence-electron chi connectivity index (χ1n) is 8.46. The normalized spacial score (nSPS) is 11.0. The Hall–Kier alpha value is -3.26. The summed E-state index contributed by atoms with van der Waals surface area (Å²) in [4.78, 5) is 4.36. The molecule has 0 aliphatic carbocycles. The number of aryl methyl sites for hydroxylation is 1. The second kappa shape index (κ2) is 8.18. The largest absolute Gasteiger partial charge is 0.497 e. The molecule has 0 bridgehead atoms. The highest BCUT2D eigenvalue weighted by Crippen LogP contribution is 2.31. The monoisotopic (exact) mass is 399 g/mol. The number of hydrogen-bond donors (Lipinski definition) is 2. The third kappa shape index (κ3) is 4.52. The molecule has 0 amide bonds. The van der Waals surface area contributed by atoms with Crippen molar-refractivity contribution in [2.24, 2.45) is 0 Å². The van der Waals surface area contributed by atoms with Crippen LogP contribution >= 0.6 is 0 Å². The molecule has 3 rings (SSSR count). The SMILES string of the molecule is COc1ccc(Nc2ccc(NS(=O)(=O)c3ccc(C)cc3)nc2)c(OC)c1. The molecule has 2 N–H and O–H groups in total. The minimum absolute atomic E-state index is 0.185. The van der Waals surface area contributed by atoms with Gasteiger partial charge in [-0.2, -0.15) is 0 Å². The van der Waals surface area contributed by atoms with Gasteiger partial charge in [0.25, 0.3) is 10.0 Å². The van der Waals surface area contributed by atoms with E-state index in [4.69, 9.17) is 9.47 Å². The number of nitrogens with one attached hydrogen (secondary N) is 2. The number of ether oxygens (including phenoxy) is 2. The van der Waals surface area contributed by atoms with Gasteiger partial charge in [-0.15, -0.1) is 0 Å². The van der Waals surface area contributed by atoms with Gasteiger partial charge in [-0.05, 0) is 43.3 Å². The van der Waals surface area contributed by atoms with Crippen molar-refractivity contribution in [2.75, 3.05) is 24.3 Å². The Morgan fingerprint density at radius 3 is 2.29 bits per heavy atom. The van der Waals surface area contributed by atoms with Crippen LogP contribution in [0.2, 0.25) is 0 Å². The topological polar surface area (TPSA) is 89.6 Å². The van der Waals surface area contributed by atoms with Crippen LogP contribution in [0, 0.1) is 6.92 Å². The zero-order valence-corrected chi connectivity index (χ0v) is 16.6. The lowest BCUT2D eigenvalue weighted by Crippen LogP contribution is -2.13. The van der Waals surface area contributed by atoms with Crippen molar-refractivity contribution in [3.63, 3.8) is 0 Å². The highest BCUT2D eigenvalue weighted by molar-refractivity contribution is 7.92. The molecule has 1 aromatic heterocycles. The Morgan fingerprint density at radius 1 is 0.929 bits per heavy atom. The number of benzene rings is 2. The maximum absolute atomic E-state index is 12.4. The van der Waals surface area contributed by atoms with Gasteiger partial charge in [0.2, 0.25) is 0 Å². The smallest absolute Gasteiger partial charge is 0.263 e. The summed E-state index contributed by atoms with van der Waals surface area (Å²) >= 11 is 0. The minimum Gasteiger partial charge on any atom is -0.497 e. The Balaban J connectivity index is 1.74. The van der Waals surface area contributed by atoms with Gasteiger partial charge in [-0.1, -0.05) is 17.7 Å². The molecule has 0 spiro atoms. The van der Waals surface area contributed by atoms with E-state index in [2.05, 4.69) is 15.0 Å².